The van der Waals surface area contributed by atoms with Gasteiger partial charge in [0.1, 0.15) is 0 Å². The van der Waals surface area contributed by atoms with E-state index in [0.29, 0.717) is 6.04 Å². The van der Waals surface area contributed by atoms with Gasteiger partial charge in [0.2, 0.25) is 0 Å². The van der Waals surface area contributed by atoms with Crippen molar-refractivity contribution >= 4 is 5.69 Å². The molecule has 0 atom stereocenters. The van der Waals surface area contributed by atoms with Crippen LogP contribution >= 0.6 is 0 Å². The number of hydrogen-bond donors (Lipinski definition) is 1. The number of aryl methyl sites for hydroxylation is 2. The molecule has 0 fully saturated rings. The van der Waals surface area contributed by atoms with Crippen molar-refractivity contribution in [3.63, 3.8) is 0 Å². The number of nitro benzene ring substituents is 1. The van der Waals surface area contributed by atoms with E-state index in [1.54, 1.807) is 12.1 Å². The first-order valence-electron chi connectivity index (χ1n) is 7.17. The Balaban J connectivity index is 1.93. The predicted octanol–water partition coefficient (Wildman–Crippen LogP) is 3.14. The highest BCUT2D eigenvalue weighted by atomic mass is 16.6. The summed E-state index contributed by atoms with van der Waals surface area (Å²) in [5.74, 6) is 0. The van der Waals surface area contributed by atoms with Gasteiger partial charge in [0.25, 0.3) is 5.69 Å². The first-order chi connectivity index (χ1) is 10.1. The van der Waals surface area contributed by atoms with Crippen molar-refractivity contribution in [1.29, 1.82) is 0 Å². The van der Waals surface area contributed by atoms with Crippen molar-refractivity contribution in [2.75, 3.05) is 0 Å². The summed E-state index contributed by atoms with van der Waals surface area (Å²) in [6.45, 7) is 5.99. The van der Waals surface area contributed by atoms with E-state index in [1.807, 2.05) is 18.2 Å². The van der Waals surface area contributed by atoms with Gasteiger partial charge in [-0.2, -0.15) is 0 Å². The van der Waals surface area contributed by atoms with E-state index in [1.165, 1.54) is 5.69 Å². The van der Waals surface area contributed by atoms with Gasteiger partial charge in [-0.15, -0.1) is 0 Å². The second kappa shape index (κ2) is 7.04. The third-order valence-corrected chi connectivity index (χ3v) is 3.40. The summed E-state index contributed by atoms with van der Waals surface area (Å²) < 4.78 is 2.22. The fourth-order valence-corrected chi connectivity index (χ4v) is 2.17. The van der Waals surface area contributed by atoms with Crippen LogP contribution in [-0.4, -0.2) is 15.5 Å². The molecular weight excluding hydrogens is 266 g/mol. The third kappa shape index (κ3) is 4.43. The van der Waals surface area contributed by atoms with Gasteiger partial charge in [-0.3, -0.25) is 10.1 Å². The summed E-state index contributed by atoms with van der Waals surface area (Å²) in [6, 6.07) is 11.4. The van der Waals surface area contributed by atoms with Gasteiger partial charge in [-0.25, -0.2) is 0 Å². The van der Waals surface area contributed by atoms with Crippen molar-refractivity contribution in [2.45, 2.75) is 39.4 Å². The first kappa shape index (κ1) is 15.3. The Morgan fingerprint density at radius 3 is 2.57 bits per heavy atom. The molecular formula is C16H21N3O2. The van der Waals surface area contributed by atoms with Crippen LogP contribution in [0.3, 0.4) is 0 Å². The molecule has 5 heteroatoms. The van der Waals surface area contributed by atoms with Crippen LogP contribution in [0.15, 0.2) is 42.6 Å². The van der Waals surface area contributed by atoms with E-state index < -0.39 is 0 Å². The molecule has 0 unspecified atom stereocenters. The quantitative estimate of drug-likeness (QED) is 0.628. The topological polar surface area (TPSA) is 60.1 Å². The Kier molecular flexibility index (Phi) is 5.11. The molecule has 1 aromatic heterocycles. The minimum absolute atomic E-state index is 0.140. The monoisotopic (exact) mass is 287 g/mol. The van der Waals surface area contributed by atoms with E-state index in [2.05, 4.69) is 36.0 Å². The molecule has 0 amide bonds. The van der Waals surface area contributed by atoms with Crippen molar-refractivity contribution in [1.82, 2.24) is 9.88 Å². The summed E-state index contributed by atoms with van der Waals surface area (Å²) in [4.78, 5) is 10.3. The van der Waals surface area contributed by atoms with E-state index >= 15 is 0 Å². The lowest BCUT2D eigenvalue weighted by Crippen LogP contribution is -2.23. The Labute approximate surface area is 124 Å². The average molecular weight is 287 g/mol. The highest BCUT2D eigenvalue weighted by Crippen LogP contribution is 2.13. The standard InChI is InChI=1S/C16H21N3O2/c1-13(2)17-12-16-4-3-10-18(16)11-9-14-5-7-15(8-6-14)19(20)21/h3-8,10,13,17H,9,11-12H2,1-2H3. The number of rotatable bonds is 7. The van der Waals surface area contributed by atoms with Gasteiger partial charge < -0.3 is 9.88 Å². The van der Waals surface area contributed by atoms with E-state index in [9.17, 15) is 10.1 Å². The maximum atomic E-state index is 10.6. The molecule has 0 aliphatic heterocycles. The zero-order chi connectivity index (χ0) is 15.2. The van der Waals surface area contributed by atoms with Crippen molar-refractivity contribution in [2.24, 2.45) is 0 Å². The zero-order valence-corrected chi connectivity index (χ0v) is 12.5. The normalized spacial score (nSPS) is 11.0. The maximum absolute atomic E-state index is 10.6. The van der Waals surface area contributed by atoms with Crippen LogP contribution in [0.4, 0.5) is 5.69 Å². The molecule has 0 aliphatic rings. The maximum Gasteiger partial charge on any atom is 0.269 e. The lowest BCUT2D eigenvalue weighted by Gasteiger charge is -2.12. The second-order valence-corrected chi connectivity index (χ2v) is 5.40. The van der Waals surface area contributed by atoms with Crippen LogP contribution in [0.25, 0.3) is 0 Å². The Hall–Kier alpha value is -2.14. The third-order valence-electron chi connectivity index (χ3n) is 3.40. The summed E-state index contributed by atoms with van der Waals surface area (Å²) in [7, 11) is 0. The van der Waals surface area contributed by atoms with Gasteiger partial charge in [0, 0.05) is 43.2 Å². The smallest absolute Gasteiger partial charge is 0.269 e. The second-order valence-electron chi connectivity index (χ2n) is 5.40. The molecule has 21 heavy (non-hydrogen) atoms. The van der Waals surface area contributed by atoms with Crippen LogP contribution in [0.5, 0.6) is 0 Å². The molecule has 2 rings (SSSR count). The molecule has 0 radical (unpaired) electrons. The van der Waals surface area contributed by atoms with Crippen molar-refractivity contribution < 1.29 is 4.92 Å². The summed E-state index contributed by atoms with van der Waals surface area (Å²) in [5.41, 5.74) is 2.50. The van der Waals surface area contributed by atoms with Crippen LogP contribution in [0.1, 0.15) is 25.1 Å². The number of aromatic nitrogens is 1. The lowest BCUT2D eigenvalue weighted by molar-refractivity contribution is -0.384. The van der Waals surface area contributed by atoms with E-state index in [4.69, 9.17) is 0 Å². The van der Waals surface area contributed by atoms with Gasteiger partial charge in [-0.1, -0.05) is 26.0 Å². The van der Waals surface area contributed by atoms with Crippen LogP contribution in [0.2, 0.25) is 0 Å². The molecule has 1 aromatic carbocycles. The fraction of sp³-hybridized carbons (Fsp3) is 0.375. The number of hydrogen-bond acceptors (Lipinski definition) is 3. The lowest BCUT2D eigenvalue weighted by atomic mass is 10.1. The molecule has 0 spiro atoms. The molecule has 2 aromatic rings. The minimum Gasteiger partial charge on any atom is -0.350 e. The van der Waals surface area contributed by atoms with Crippen molar-refractivity contribution in [3.8, 4) is 0 Å². The first-order valence-corrected chi connectivity index (χ1v) is 7.17. The highest BCUT2D eigenvalue weighted by Gasteiger charge is 2.05. The molecule has 0 saturated carbocycles. The Bertz CT molecular complexity index is 588. The summed E-state index contributed by atoms with van der Waals surface area (Å²) in [6.07, 6.45) is 2.93. The van der Waals surface area contributed by atoms with Crippen LogP contribution in [0, 0.1) is 10.1 Å². The molecule has 5 nitrogen and oxygen atoms in total. The minimum atomic E-state index is -0.370. The molecule has 1 N–H and O–H groups in total. The molecule has 112 valence electrons. The van der Waals surface area contributed by atoms with Gasteiger partial charge in [-0.05, 0) is 24.1 Å². The van der Waals surface area contributed by atoms with E-state index in [-0.39, 0.29) is 10.6 Å². The Morgan fingerprint density at radius 2 is 1.95 bits per heavy atom. The van der Waals surface area contributed by atoms with Gasteiger partial charge >= 0.3 is 0 Å². The molecule has 0 bridgehead atoms. The Morgan fingerprint density at radius 1 is 1.24 bits per heavy atom. The fourth-order valence-electron chi connectivity index (χ4n) is 2.17. The van der Waals surface area contributed by atoms with Crippen LogP contribution in [-0.2, 0) is 19.5 Å². The average Bonchev–Trinajstić information content (AvgIpc) is 2.90. The molecule has 0 aliphatic carbocycles. The van der Waals surface area contributed by atoms with Crippen LogP contribution < -0.4 is 5.32 Å². The van der Waals surface area contributed by atoms with E-state index in [0.717, 1.165) is 25.1 Å². The summed E-state index contributed by atoms with van der Waals surface area (Å²) in [5, 5.41) is 14.0. The number of nitrogens with one attached hydrogen (secondary N) is 1. The zero-order valence-electron chi connectivity index (χ0n) is 12.5. The molecule has 1 heterocycles. The van der Waals surface area contributed by atoms with Gasteiger partial charge in [0.15, 0.2) is 0 Å². The number of non-ortho nitro benzene ring substituents is 1. The number of nitrogens with zero attached hydrogens (tertiary/aromatic N) is 2. The number of benzene rings is 1. The van der Waals surface area contributed by atoms with Gasteiger partial charge in [0.05, 0.1) is 4.92 Å². The van der Waals surface area contributed by atoms with Crippen molar-refractivity contribution in [3.05, 3.63) is 64.0 Å². The largest absolute Gasteiger partial charge is 0.350 e. The SMILES string of the molecule is CC(C)NCc1cccn1CCc1ccc([N+](=O)[O-])cc1. The number of nitro groups is 1. The summed E-state index contributed by atoms with van der Waals surface area (Å²) >= 11 is 0. The molecule has 0 saturated heterocycles. The predicted molar refractivity (Wildman–Crippen MR) is 83.2 cm³/mol. The highest BCUT2D eigenvalue weighted by molar-refractivity contribution is 5.32.